The smallest absolute Gasteiger partial charge is 0.289 e. The maximum Gasteiger partial charge on any atom is 0.289 e. The van der Waals surface area contributed by atoms with Gasteiger partial charge in [0.2, 0.25) is 0 Å². The van der Waals surface area contributed by atoms with Crippen molar-refractivity contribution in [3.8, 4) is 0 Å². The molecule has 176 valence electrons. The van der Waals surface area contributed by atoms with Crippen LogP contribution in [0, 0.1) is 34.6 Å². The van der Waals surface area contributed by atoms with Crippen LogP contribution in [0.2, 0.25) is 0 Å². The minimum absolute atomic E-state index is 0.0939. The lowest BCUT2D eigenvalue weighted by atomic mass is 10.0. The molecular formula is C26H32N2O4S. The first-order valence-corrected chi connectivity index (χ1v) is 13.0. The van der Waals surface area contributed by atoms with Crippen LogP contribution in [0.5, 0.6) is 0 Å². The predicted molar refractivity (Wildman–Crippen MR) is 132 cm³/mol. The first-order chi connectivity index (χ1) is 15.6. The highest BCUT2D eigenvalue weighted by molar-refractivity contribution is 7.93. The number of anilines is 1. The second kappa shape index (κ2) is 8.86. The van der Waals surface area contributed by atoms with Crippen LogP contribution in [0.1, 0.15) is 64.1 Å². The average molecular weight is 469 g/mol. The molecule has 33 heavy (non-hydrogen) atoms. The normalized spacial score (nSPS) is 15.0. The molecule has 0 atom stereocenters. The van der Waals surface area contributed by atoms with Gasteiger partial charge in [-0.15, -0.1) is 0 Å². The molecule has 0 aliphatic carbocycles. The zero-order valence-corrected chi connectivity index (χ0v) is 20.9. The van der Waals surface area contributed by atoms with Crippen molar-refractivity contribution in [3.05, 3.63) is 57.8 Å². The zero-order valence-electron chi connectivity index (χ0n) is 20.0. The topological polar surface area (TPSA) is 79.6 Å². The highest BCUT2D eigenvalue weighted by Gasteiger charge is 2.30. The number of hydrogen-bond acceptors (Lipinski definition) is 4. The van der Waals surface area contributed by atoms with Gasteiger partial charge in [-0.1, -0.05) is 25.0 Å². The molecule has 1 amide bonds. The van der Waals surface area contributed by atoms with Gasteiger partial charge >= 0.3 is 0 Å². The van der Waals surface area contributed by atoms with E-state index in [4.69, 9.17) is 4.42 Å². The molecule has 2 aromatic carbocycles. The number of hydrogen-bond donors (Lipinski definition) is 1. The van der Waals surface area contributed by atoms with Gasteiger partial charge in [-0.05, 0) is 81.8 Å². The number of nitrogens with zero attached hydrogens (tertiary/aromatic N) is 1. The lowest BCUT2D eigenvalue weighted by molar-refractivity contribution is 0.0731. The monoisotopic (exact) mass is 468 g/mol. The number of rotatable bonds is 4. The van der Waals surface area contributed by atoms with Gasteiger partial charge in [0.05, 0.1) is 5.69 Å². The molecule has 0 radical (unpaired) electrons. The molecule has 3 aromatic rings. The van der Waals surface area contributed by atoms with Crippen LogP contribution in [-0.2, 0) is 10.0 Å². The fourth-order valence-corrected chi connectivity index (χ4v) is 6.10. The lowest BCUT2D eigenvalue weighted by Gasteiger charge is -2.19. The van der Waals surface area contributed by atoms with E-state index < -0.39 is 10.0 Å². The first kappa shape index (κ1) is 23.4. The summed E-state index contributed by atoms with van der Waals surface area (Å²) in [7, 11) is -3.96. The Balaban J connectivity index is 1.84. The van der Waals surface area contributed by atoms with E-state index in [9.17, 15) is 13.2 Å². The summed E-state index contributed by atoms with van der Waals surface area (Å²) in [6, 6.07) is 7.57. The SMILES string of the molecule is Cc1ccc(C)c(NS(=O)(=O)c2c(C)c(C)cc3c(C)c(C(=O)N4CCCCCC4)oc23)c1. The summed E-state index contributed by atoms with van der Waals surface area (Å²) in [5.74, 6) is 0.0758. The maximum absolute atomic E-state index is 13.6. The summed E-state index contributed by atoms with van der Waals surface area (Å²) in [6.45, 7) is 10.7. The molecule has 0 saturated carbocycles. The molecule has 1 saturated heterocycles. The third-order valence-electron chi connectivity index (χ3n) is 6.69. The van der Waals surface area contributed by atoms with Crippen molar-refractivity contribution < 1.29 is 17.6 Å². The summed E-state index contributed by atoms with van der Waals surface area (Å²) in [5.41, 5.74) is 4.71. The van der Waals surface area contributed by atoms with E-state index >= 15 is 0 Å². The summed E-state index contributed by atoms with van der Waals surface area (Å²) in [4.78, 5) is 15.2. The van der Waals surface area contributed by atoms with Crippen LogP contribution in [0.4, 0.5) is 5.69 Å². The van der Waals surface area contributed by atoms with Crippen molar-refractivity contribution in [2.45, 2.75) is 65.2 Å². The van der Waals surface area contributed by atoms with Crippen LogP contribution >= 0.6 is 0 Å². The van der Waals surface area contributed by atoms with Gasteiger partial charge in [-0.2, -0.15) is 0 Å². The summed E-state index contributed by atoms with van der Waals surface area (Å²) in [5, 5.41) is 0.664. The van der Waals surface area contributed by atoms with Crippen LogP contribution < -0.4 is 4.72 Å². The quantitative estimate of drug-likeness (QED) is 0.525. The largest absolute Gasteiger partial charge is 0.449 e. The molecule has 1 fully saturated rings. The third kappa shape index (κ3) is 4.38. The number of aryl methyl sites for hydroxylation is 4. The number of amides is 1. The highest BCUT2D eigenvalue weighted by Crippen LogP contribution is 2.36. The van der Waals surface area contributed by atoms with E-state index in [1.54, 1.807) is 6.92 Å². The molecule has 7 heteroatoms. The minimum atomic E-state index is -3.96. The molecule has 1 aliphatic rings. The number of carbonyl (C=O) groups is 1. The molecule has 1 N–H and O–H groups in total. The van der Waals surface area contributed by atoms with Gasteiger partial charge in [-0.3, -0.25) is 9.52 Å². The van der Waals surface area contributed by atoms with Crippen molar-refractivity contribution in [1.82, 2.24) is 4.90 Å². The van der Waals surface area contributed by atoms with Gasteiger partial charge in [0.1, 0.15) is 4.90 Å². The minimum Gasteiger partial charge on any atom is -0.449 e. The van der Waals surface area contributed by atoms with E-state index in [0.29, 0.717) is 35.3 Å². The van der Waals surface area contributed by atoms with Crippen LogP contribution in [0.15, 0.2) is 33.6 Å². The Labute approximate surface area is 196 Å². The predicted octanol–water partition coefficient (Wildman–Crippen LogP) is 5.79. The zero-order chi connectivity index (χ0) is 23.9. The number of likely N-dealkylation sites (tertiary alicyclic amines) is 1. The van der Waals surface area contributed by atoms with Crippen molar-refractivity contribution in [2.24, 2.45) is 0 Å². The molecule has 2 heterocycles. The van der Waals surface area contributed by atoms with Gasteiger partial charge in [0.15, 0.2) is 11.3 Å². The average Bonchev–Trinajstić information content (AvgIpc) is 2.94. The Morgan fingerprint density at radius 1 is 0.909 bits per heavy atom. The number of sulfonamides is 1. The van der Waals surface area contributed by atoms with Gasteiger partial charge in [0, 0.05) is 24.0 Å². The Bertz CT molecular complexity index is 1330. The van der Waals surface area contributed by atoms with Gasteiger partial charge in [-0.25, -0.2) is 8.42 Å². The second-order valence-electron chi connectivity index (χ2n) is 9.21. The Kier molecular flexibility index (Phi) is 6.27. The van der Waals surface area contributed by atoms with Crippen molar-refractivity contribution in [1.29, 1.82) is 0 Å². The molecule has 1 aromatic heterocycles. The standard InChI is InChI=1S/C26H32N2O4S/c1-16-10-11-17(2)22(14-16)27-33(30,31)25-19(4)18(3)15-21-20(5)23(32-24(21)25)26(29)28-12-8-6-7-9-13-28/h10-11,14-15,27H,6-9,12-13H2,1-5H3. The van der Waals surface area contributed by atoms with Crippen LogP contribution in [-0.4, -0.2) is 32.3 Å². The fraction of sp³-hybridized carbons (Fsp3) is 0.423. The van der Waals surface area contributed by atoms with Crippen molar-refractivity contribution >= 4 is 32.6 Å². The third-order valence-corrected chi connectivity index (χ3v) is 8.20. The maximum atomic E-state index is 13.6. The fourth-order valence-electron chi connectivity index (χ4n) is 4.53. The van der Waals surface area contributed by atoms with E-state index in [2.05, 4.69) is 4.72 Å². The second-order valence-corrected chi connectivity index (χ2v) is 10.8. The van der Waals surface area contributed by atoms with E-state index in [0.717, 1.165) is 42.4 Å². The number of furan rings is 1. The summed E-state index contributed by atoms with van der Waals surface area (Å²) in [6.07, 6.45) is 4.19. The van der Waals surface area contributed by atoms with E-state index in [-0.39, 0.29) is 22.1 Å². The number of fused-ring (bicyclic) bond motifs is 1. The molecule has 6 nitrogen and oxygen atoms in total. The first-order valence-electron chi connectivity index (χ1n) is 11.5. The summed E-state index contributed by atoms with van der Waals surface area (Å²) >= 11 is 0. The van der Waals surface area contributed by atoms with Gasteiger partial charge in [0.25, 0.3) is 15.9 Å². The van der Waals surface area contributed by atoms with Crippen LogP contribution in [0.25, 0.3) is 11.0 Å². The molecule has 1 aliphatic heterocycles. The molecule has 0 spiro atoms. The van der Waals surface area contributed by atoms with Crippen LogP contribution in [0.3, 0.4) is 0 Å². The molecule has 4 rings (SSSR count). The lowest BCUT2D eigenvalue weighted by Crippen LogP contribution is -2.31. The Hall–Kier alpha value is -2.80. The van der Waals surface area contributed by atoms with Crippen molar-refractivity contribution in [3.63, 3.8) is 0 Å². The molecule has 0 unspecified atom stereocenters. The van der Waals surface area contributed by atoms with E-state index in [1.165, 1.54) is 0 Å². The number of benzene rings is 2. The molecule has 0 bridgehead atoms. The number of nitrogens with one attached hydrogen (secondary N) is 1. The van der Waals surface area contributed by atoms with Crippen molar-refractivity contribution in [2.75, 3.05) is 17.8 Å². The van der Waals surface area contributed by atoms with Gasteiger partial charge < -0.3 is 9.32 Å². The summed E-state index contributed by atoms with van der Waals surface area (Å²) < 4.78 is 36.1. The van der Waals surface area contributed by atoms with E-state index in [1.807, 2.05) is 56.9 Å². The Morgan fingerprint density at radius 3 is 2.24 bits per heavy atom. The molecular weight excluding hydrogens is 436 g/mol. The highest BCUT2D eigenvalue weighted by atomic mass is 32.2. The number of carbonyl (C=O) groups excluding carboxylic acids is 1. The Morgan fingerprint density at radius 2 is 1.58 bits per heavy atom.